The number of guanidine groups is 1. The molecule has 0 radical (unpaired) electrons. The maximum absolute atomic E-state index is 4.31. The minimum atomic E-state index is 0.618. The topological polar surface area (TPSA) is 39.7 Å². The molecule has 5 heteroatoms. The lowest BCUT2D eigenvalue weighted by Gasteiger charge is -2.20. The minimum Gasteiger partial charge on any atom is -0.356 e. The number of unbranched alkanes of at least 4 members (excludes halogenated alkanes) is 1. The number of rotatable bonds is 9. The van der Waals surface area contributed by atoms with Crippen LogP contribution >= 0.6 is 11.8 Å². The molecule has 2 N–H and O–H groups in total. The van der Waals surface area contributed by atoms with Crippen molar-refractivity contribution in [3.05, 3.63) is 29.3 Å². The van der Waals surface area contributed by atoms with Crippen LogP contribution in [-0.4, -0.2) is 50.3 Å². The summed E-state index contributed by atoms with van der Waals surface area (Å²) < 4.78 is 0. The molecule has 136 valence electrons. The molecule has 0 aliphatic heterocycles. The second-order valence-electron chi connectivity index (χ2n) is 6.45. The smallest absolute Gasteiger partial charge is 0.191 e. The van der Waals surface area contributed by atoms with Gasteiger partial charge in [-0.25, -0.2) is 0 Å². The molecular formula is C19H34N4S. The van der Waals surface area contributed by atoms with Gasteiger partial charge in [-0.2, -0.15) is 0 Å². The third-order valence-electron chi connectivity index (χ3n) is 4.22. The molecule has 1 aromatic carbocycles. The van der Waals surface area contributed by atoms with Gasteiger partial charge >= 0.3 is 0 Å². The van der Waals surface area contributed by atoms with Crippen LogP contribution < -0.4 is 10.6 Å². The summed E-state index contributed by atoms with van der Waals surface area (Å²) in [6.07, 6.45) is 4.48. The standard InChI is InChI=1S/C19H34N4S/c1-15(2)23(5)12-8-7-11-21-19(20-4)22-14-17-10-9-16(3)13-18(17)24-6/h9-10,13,15H,7-8,11-12,14H2,1-6H3,(H2,20,21,22). The van der Waals surface area contributed by atoms with E-state index in [1.807, 2.05) is 7.05 Å². The molecule has 0 spiro atoms. The highest BCUT2D eigenvalue weighted by molar-refractivity contribution is 7.98. The number of thioether (sulfide) groups is 1. The highest BCUT2D eigenvalue weighted by Crippen LogP contribution is 2.21. The van der Waals surface area contributed by atoms with Crippen molar-refractivity contribution in [2.45, 2.75) is 51.1 Å². The van der Waals surface area contributed by atoms with Crippen molar-refractivity contribution >= 4 is 17.7 Å². The first-order valence-corrected chi connectivity index (χ1v) is 9.98. The predicted octanol–water partition coefficient (Wildman–Crippen LogP) is 3.50. The summed E-state index contributed by atoms with van der Waals surface area (Å²) in [6.45, 7) is 9.50. The van der Waals surface area contributed by atoms with Crippen molar-refractivity contribution < 1.29 is 0 Å². The van der Waals surface area contributed by atoms with E-state index in [2.05, 4.69) is 72.8 Å². The van der Waals surface area contributed by atoms with E-state index >= 15 is 0 Å². The Morgan fingerprint density at radius 3 is 2.62 bits per heavy atom. The third kappa shape index (κ3) is 7.58. The zero-order valence-corrected chi connectivity index (χ0v) is 17.0. The highest BCUT2D eigenvalue weighted by Gasteiger charge is 2.04. The Morgan fingerprint density at radius 1 is 1.25 bits per heavy atom. The molecule has 0 heterocycles. The summed E-state index contributed by atoms with van der Waals surface area (Å²) >= 11 is 1.79. The van der Waals surface area contributed by atoms with Crippen molar-refractivity contribution in [1.29, 1.82) is 0 Å². The van der Waals surface area contributed by atoms with Crippen LogP contribution in [-0.2, 0) is 6.54 Å². The van der Waals surface area contributed by atoms with Gasteiger partial charge in [0.25, 0.3) is 0 Å². The van der Waals surface area contributed by atoms with E-state index in [9.17, 15) is 0 Å². The Morgan fingerprint density at radius 2 is 2.00 bits per heavy atom. The Hall–Kier alpha value is -1.20. The number of hydrogen-bond donors (Lipinski definition) is 2. The summed E-state index contributed by atoms with van der Waals surface area (Å²) in [7, 11) is 4.01. The first-order valence-electron chi connectivity index (χ1n) is 8.76. The van der Waals surface area contributed by atoms with E-state index in [-0.39, 0.29) is 0 Å². The Labute approximate surface area is 152 Å². The van der Waals surface area contributed by atoms with Crippen LogP contribution in [0.25, 0.3) is 0 Å². The molecule has 0 aliphatic rings. The monoisotopic (exact) mass is 350 g/mol. The number of hydrogen-bond acceptors (Lipinski definition) is 3. The maximum Gasteiger partial charge on any atom is 0.191 e. The maximum atomic E-state index is 4.31. The minimum absolute atomic E-state index is 0.618. The molecule has 1 rings (SSSR count). The van der Waals surface area contributed by atoms with E-state index in [1.54, 1.807) is 11.8 Å². The van der Waals surface area contributed by atoms with Gasteiger partial charge in [0.05, 0.1) is 0 Å². The van der Waals surface area contributed by atoms with E-state index < -0.39 is 0 Å². The van der Waals surface area contributed by atoms with Crippen LogP contribution in [0.5, 0.6) is 0 Å². The number of aliphatic imine (C=N–C) groups is 1. The van der Waals surface area contributed by atoms with Crippen molar-refractivity contribution in [3.8, 4) is 0 Å². The number of nitrogens with one attached hydrogen (secondary N) is 2. The fraction of sp³-hybridized carbons (Fsp3) is 0.632. The van der Waals surface area contributed by atoms with Gasteiger partial charge in [0.2, 0.25) is 0 Å². The summed E-state index contributed by atoms with van der Waals surface area (Å²) in [5, 5.41) is 6.82. The van der Waals surface area contributed by atoms with Gasteiger partial charge in [0.15, 0.2) is 5.96 Å². The molecule has 24 heavy (non-hydrogen) atoms. The lowest BCUT2D eigenvalue weighted by atomic mass is 10.1. The number of aryl methyl sites for hydroxylation is 1. The van der Waals surface area contributed by atoms with Crippen molar-refractivity contribution in [2.75, 3.05) is 33.4 Å². The highest BCUT2D eigenvalue weighted by atomic mass is 32.2. The zero-order chi connectivity index (χ0) is 17.9. The second-order valence-corrected chi connectivity index (χ2v) is 7.30. The zero-order valence-electron chi connectivity index (χ0n) is 16.1. The summed E-state index contributed by atoms with van der Waals surface area (Å²) in [6, 6.07) is 7.22. The van der Waals surface area contributed by atoms with Gasteiger partial charge in [-0.15, -0.1) is 11.8 Å². The van der Waals surface area contributed by atoms with Gasteiger partial charge in [-0.1, -0.05) is 12.1 Å². The van der Waals surface area contributed by atoms with Crippen LogP contribution in [0.15, 0.2) is 28.1 Å². The molecule has 0 fully saturated rings. The second kappa shape index (κ2) is 11.4. The van der Waals surface area contributed by atoms with Crippen LogP contribution in [0.1, 0.15) is 37.8 Å². The van der Waals surface area contributed by atoms with Crippen LogP contribution in [0.3, 0.4) is 0 Å². The van der Waals surface area contributed by atoms with Crippen LogP contribution in [0.2, 0.25) is 0 Å². The largest absolute Gasteiger partial charge is 0.356 e. The first kappa shape index (κ1) is 20.8. The number of benzene rings is 1. The molecular weight excluding hydrogens is 316 g/mol. The van der Waals surface area contributed by atoms with Crippen molar-refractivity contribution in [2.24, 2.45) is 4.99 Å². The average molecular weight is 351 g/mol. The van der Waals surface area contributed by atoms with E-state index in [1.165, 1.54) is 22.4 Å². The fourth-order valence-electron chi connectivity index (χ4n) is 2.35. The molecule has 0 saturated heterocycles. The van der Waals surface area contributed by atoms with Crippen molar-refractivity contribution in [1.82, 2.24) is 15.5 Å². The summed E-state index contributed by atoms with van der Waals surface area (Å²) in [5.74, 6) is 0.875. The lowest BCUT2D eigenvalue weighted by Crippen LogP contribution is -2.37. The first-order chi connectivity index (χ1) is 11.5. The lowest BCUT2D eigenvalue weighted by molar-refractivity contribution is 0.268. The van der Waals surface area contributed by atoms with E-state index in [4.69, 9.17) is 0 Å². The molecule has 0 unspecified atom stereocenters. The molecule has 4 nitrogen and oxygen atoms in total. The molecule has 0 aromatic heterocycles. The van der Waals surface area contributed by atoms with Crippen LogP contribution in [0.4, 0.5) is 0 Å². The Kier molecular flexibility index (Phi) is 9.88. The quantitative estimate of drug-likeness (QED) is 0.309. The van der Waals surface area contributed by atoms with E-state index in [0.717, 1.165) is 32.0 Å². The molecule has 0 saturated carbocycles. The number of nitrogens with zero attached hydrogens (tertiary/aromatic N) is 2. The molecule has 0 amide bonds. The van der Waals surface area contributed by atoms with Gasteiger partial charge in [0.1, 0.15) is 0 Å². The molecule has 1 aromatic rings. The normalized spacial score (nSPS) is 12.1. The van der Waals surface area contributed by atoms with Gasteiger partial charge in [-0.3, -0.25) is 4.99 Å². The SMILES string of the molecule is CN=C(NCCCCN(C)C(C)C)NCc1ccc(C)cc1SC. The Balaban J connectivity index is 2.33. The predicted molar refractivity (Wildman–Crippen MR) is 108 cm³/mol. The third-order valence-corrected chi connectivity index (χ3v) is 5.04. The molecule has 0 bridgehead atoms. The average Bonchev–Trinajstić information content (AvgIpc) is 2.57. The summed E-state index contributed by atoms with van der Waals surface area (Å²) in [5.41, 5.74) is 2.62. The molecule has 0 aliphatic carbocycles. The van der Waals surface area contributed by atoms with E-state index in [0.29, 0.717) is 6.04 Å². The summed E-state index contributed by atoms with van der Waals surface area (Å²) in [4.78, 5) is 8.03. The Bertz CT molecular complexity index is 514. The fourth-order valence-corrected chi connectivity index (χ4v) is 3.05. The van der Waals surface area contributed by atoms with Gasteiger partial charge in [0, 0.05) is 31.1 Å². The molecule has 0 atom stereocenters. The van der Waals surface area contributed by atoms with Gasteiger partial charge < -0.3 is 15.5 Å². The van der Waals surface area contributed by atoms with Gasteiger partial charge in [-0.05, 0) is 70.7 Å². The van der Waals surface area contributed by atoms with Crippen LogP contribution in [0, 0.1) is 6.92 Å². The van der Waals surface area contributed by atoms with Crippen molar-refractivity contribution in [3.63, 3.8) is 0 Å².